The molecule has 0 radical (unpaired) electrons. The highest BCUT2D eigenvalue weighted by Gasteiger charge is 2.19. The van der Waals surface area contributed by atoms with Crippen LogP contribution < -0.4 is 10.5 Å². The van der Waals surface area contributed by atoms with Gasteiger partial charge < -0.3 is 5.73 Å². The fourth-order valence-electron chi connectivity index (χ4n) is 1.68. The Morgan fingerprint density at radius 2 is 2.10 bits per heavy atom. The largest absolute Gasteiger partial charge is 0.396 e. The van der Waals surface area contributed by atoms with E-state index in [0.717, 1.165) is 6.07 Å². The Labute approximate surface area is 116 Å². The van der Waals surface area contributed by atoms with Gasteiger partial charge in [-0.25, -0.2) is 17.5 Å². The predicted octanol–water partition coefficient (Wildman–Crippen LogP) is 1.84. The molecule has 0 saturated heterocycles. The van der Waals surface area contributed by atoms with Crippen molar-refractivity contribution < 1.29 is 12.8 Å². The van der Waals surface area contributed by atoms with Gasteiger partial charge in [-0.05, 0) is 36.8 Å². The van der Waals surface area contributed by atoms with Gasteiger partial charge in [0.15, 0.2) is 0 Å². The van der Waals surface area contributed by atoms with Crippen LogP contribution in [0.1, 0.15) is 18.5 Å². The van der Waals surface area contributed by atoms with Gasteiger partial charge in [-0.1, -0.05) is 6.07 Å². The van der Waals surface area contributed by atoms with E-state index in [9.17, 15) is 12.8 Å². The van der Waals surface area contributed by atoms with Crippen molar-refractivity contribution in [3.05, 3.63) is 54.1 Å². The lowest BCUT2D eigenvalue weighted by atomic mass is 10.2. The summed E-state index contributed by atoms with van der Waals surface area (Å²) in [6, 6.07) is 6.37. The van der Waals surface area contributed by atoms with Crippen molar-refractivity contribution in [1.82, 2.24) is 9.71 Å². The van der Waals surface area contributed by atoms with E-state index in [1.807, 2.05) is 0 Å². The zero-order valence-electron chi connectivity index (χ0n) is 10.7. The molecule has 2 rings (SSSR count). The monoisotopic (exact) mass is 295 g/mol. The third-order valence-corrected chi connectivity index (χ3v) is 4.34. The molecule has 1 atom stereocenters. The first kappa shape index (κ1) is 14.4. The van der Waals surface area contributed by atoms with Crippen molar-refractivity contribution in [2.24, 2.45) is 0 Å². The first-order valence-electron chi connectivity index (χ1n) is 5.87. The van der Waals surface area contributed by atoms with Gasteiger partial charge in [0.1, 0.15) is 5.82 Å². The van der Waals surface area contributed by atoms with E-state index in [1.165, 1.54) is 12.1 Å². The topological polar surface area (TPSA) is 85.1 Å². The van der Waals surface area contributed by atoms with Crippen LogP contribution >= 0.6 is 0 Å². The highest BCUT2D eigenvalue weighted by atomic mass is 32.2. The Morgan fingerprint density at radius 3 is 2.70 bits per heavy atom. The molecule has 0 saturated carbocycles. The summed E-state index contributed by atoms with van der Waals surface area (Å²) < 4.78 is 40.1. The molecule has 0 bridgehead atoms. The van der Waals surface area contributed by atoms with Crippen molar-refractivity contribution in [1.29, 1.82) is 0 Å². The minimum absolute atomic E-state index is 0.0933. The van der Waals surface area contributed by atoms with Gasteiger partial charge in [0.2, 0.25) is 10.0 Å². The quantitative estimate of drug-likeness (QED) is 0.843. The number of aromatic nitrogens is 1. The molecule has 0 aliphatic heterocycles. The van der Waals surface area contributed by atoms with E-state index in [2.05, 4.69) is 9.71 Å². The van der Waals surface area contributed by atoms with Gasteiger partial charge in [0.05, 0.1) is 10.6 Å². The maximum atomic E-state index is 13.3. The molecule has 0 fully saturated rings. The molecule has 0 amide bonds. The van der Waals surface area contributed by atoms with Crippen LogP contribution in [0.4, 0.5) is 10.1 Å². The van der Waals surface area contributed by atoms with Crippen LogP contribution in [-0.4, -0.2) is 13.4 Å². The van der Waals surface area contributed by atoms with E-state index in [0.29, 0.717) is 5.56 Å². The average molecular weight is 295 g/mol. The first-order valence-corrected chi connectivity index (χ1v) is 7.36. The summed E-state index contributed by atoms with van der Waals surface area (Å²) in [6.45, 7) is 1.68. The van der Waals surface area contributed by atoms with E-state index >= 15 is 0 Å². The smallest absolute Gasteiger partial charge is 0.241 e. The number of nitrogens with one attached hydrogen (secondary N) is 1. The summed E-state index contributed by atoms with van der Waals surface area (Å²) in [5.74, 6) is -0.762. The third-order valence-electron chi connectivity index (χ3n) is 2.80. The number of halogens is 1. The second-order valence-corrected chi connectivity index (χ2v) is 6.03. The fourth-order valence-corrected chi connectivity index (χ4v) is 2.92. The van der Waals surface area contributed by atoms with Gasteiger partial charge >= 0.3 is 0 Å². The van der Waals surface area contributed by atoms with Crippen LogP contribution in [0.2, 0.25) is 0 Å². The summed E-state index contributed by atoms with van der Waals surface area (Å²) in [4.78, 5) is 3.76. The molecule has 20 heavy (non-hydrogen) atoms. The van der Waals surface area contributed by atoms with Crippen molar-refractivity contribution in [3.63, 3.8) is 0 Å². The average Bonchev–Trinajstić information content (AvgIpc) is 2.42. The minimum Gasteiger partial charge on any atom is -0.396 e. The molecule has 7 heteroatoms. The number of benzene rings is 1. The molecule has 0 aliphatic rings. The SMILES string of the molecule is CC(NS(=O)(=O)c1ccc(N)c(F)c1)c1cccnc1. The van der Waals surface area contributed by atoms with Gasteiger partial charge in [0.25, 0.3) is 0 Å². The maximum absolute atomic E-state index is 13.3. The minimum atomic E-state index is -3.82. The van der Waals surface area contributed by atoms with Gasteiger partial charge in [-0.3, -0.25) is 4.98 Å². The van der Waals surface area contributed by atoms with E-state index in [4.69, 9.17) is 5.73 Å². The van der Waals surface area contributed by atoms with Crippen LogP contribution in [0, 0.1) is 5.82 Å². The number of nitrogens with two attached hydrogens (primary N) is 1. The molecule has 3 N–H and O–H groups in total. The number of anilines is 1. The molecule has 1 aromatic carbocycles. The second-order valence-electron chi connectivity index (χ2n) is 4.31. The van der Waals surface area contributed by atoms with E-state index in [-0.39, 0.29) is 10.6 Å². The number of hydrogen-bond donors (Lipinski definition) is 2. The lowest BCUT2D eigenvalue weighted by Crippen LogP contribution is -2.27. The molecular weight excluding hydrogens is 281 g/mol. The summed E-state index contributed by atoms with van der Waals surface area (Å²) >= 11 is 0. The Morgan fingerprint density at radius 1 is 1.35 bits per heavy atom. The van der Waals surface area contributed by atoms with Crippen LogP contribution in [-0.2, 0) is 10.0 Å². The molecule has 106 valence electrons. The lowest BCUT2D eigenvalue weighted by molar-refractivity contribution is 0.564. The van der Waals surface area contributed by atoms with Crippen molar-refractivity contribution in [2.75, 3.05) is 5.73 Å². The molecule has 0 aliphatic carbocycles. The third kappa shape index (κ3) is 3.12. The normalized spacial score (nSPS) is 13.1. The standard InChI is InChI=1S/C13H14FN3O2S/c1-9(10-3-2-6-16-8-10)17-20(18,19)11-4-5-13(15)12(14)7-11/h2-9,17H,15H2,1H3. The van der Waals surface area contributed by atoms with Crippen LogP contribution in [0.5, 0.6) is 0 Å². The van der Waals surface area contributed by atoms with E-state index in [1.54, 1.807) is 31.5 Å². The summed E-state index contributed by atoms with van der Waals surface area (Å²) in [5, 5.41) is 0. The van der Waals surface area contributed by atoms with Crippen LogP contribution in [0.25, 0.3) is 0 Å². The highest BCUT2D eigenvalue weighted by Crippen LogP contribution is 2.19. The number of rotatable bonds is 4. The summed E-state index contributed by atoms with van der Waals surface area (Å²) in [6.07, 6.45) is 3.16. The van der Waals surface area contributed by atoms with E-state index < -0.39 is 21.9 Å². The molecular formula is C13H14FN3O2S. The van der Waals surface area contributed by atoms with Gasteiger partial charge in [0, 0.05) is 18.4 Å². The summed E-state index contributed by atoms with van der Waals surface area (Å²) in [7, 11) is -3.82. The fraction of sp³-hybridized carbons (Fsp3) is 0.154. The number of nitrogen functional groups attached to an aromatic ring is 1. The van der Waals surface area contributed by atoms with Gasteiger partial charge in [-0.15, -0.1) is 0 Å². The molecule has 0 spiro atoms. The highest BCUT2D eigenvalue weighted by molar-refractivity contribution is 7.89. The second kappa shape index (κ2) is 5.56. The van der Waals surface area contributed by atoms with Gasteiger partial charge in [-0.2, -0.15) is 0 Å². The summed E-state index contributed by atoms with van der Waals surface area (Å²) in [5.41, 5.74) is 5.95. The number of sulfonamides is 1. The lowest BCUT2D eigenvalue weighted by Gasteiger charge is -2.14. The molecule has 1 heterocycles. The Balaban J connectivity index is 2.25. The number of nitrogens with zero attached hydrogens (tertiary/aromatic N) is 1. The zero-order valence-corrected chi connectivity index (χ0v) is 11.6. The van der Waals surface area contributed by atoms with Crippen LogP contribution in [0.15, 0.2) is 47.6 Å². The number of hydrogen-bond acceptors (Lipinski definition) is 4. The van der Waals surface area contributed by atoms with Crippen molar-refractivity contribution in [3.8, 4) is 0 Å². The number of pyridine rings is 1. The molecule has 1 unspecified atom stereocenters. The molecule has 2 aromatic rings. The Bertz CT molecular complexity index is 705. The zero-order chi connectivity index (χ0) is 14.8. The van der Waals surface area contributed by atoms with Crippen molar-refractivity contribution >= 4 is 15.7 Å². The maximum Gasteiger partial charge on any atom is 0.241 e. The Kier molecular flexibility index (Phi) is 4.01. The van der Waals surface area contributed by atoms with Crippen molar-refractivity contribution in [2.45, 2.75) is 17.9 Å². The predicted molar refractivity (Wildman–Crippen MR) is 73.8 cm³/mol. The molecule has 5 nitrogen and oxygen atoms in total. The molecule has 1 aromatic heterocycles. The van der Waals surface area contributed by atoms with Crippen LogP contribution in [0.3, 0.4) is 0 Å². The first-order chi connectivity index (χ1) is 9.40. The Hall–Kier alpha value is -1.99.